The monoisotopic (exact) mass is 349 g/mol. The SMILES string of the molecule is Cc1cccc(C)c1NC(=O)CN1CCN(c2ccc(C#N)cn2)CC1. The maximum Gasteiger partial charge on any atom is 0.238 e. The number of aryl methyl sites for hydroxylation is 2. The molecular weight excluding hydrogens is 326 g/mol. The van der Waals surface area contributed by atoms with Gasteiger partial charge < -0.3 is 10.2 Å². The van der Waals surface area contributed by atoms with Gasteiger partial charge in [0.05, 0.1) is 12.1 Å². The number of pyridine rings is 1. The molecule has 1 N–H and O–H groups in total. The van der Waals surface area contributed by atoms with Crippen molar-refractivity contribution in [3.05, 3.63) is 53.2 Å². The summed E-state index contributed by atoms with van der Waals surface area (Å²) in [5.74, 6) is 0.899. The number of rotatable bonds is 4. The summed E-state index contributed by atoms with van der Waals surface area (Å²) in [5, 5.41) is 11.9. The standard InChI is InChI=1S/C20H23N5O/c1-15-4-3-5-16(2)20(15)23-19(26)14-24-8-10-25(11-9-24)18-7-6-17(12-21)13-22-18/h3-7,13H,8-11,14H2,1-2H3,(H,23,26). The molecule has 6 heteroatoms. The van der Waals surface area contributed by atoms with E-state index in [0.29, 0.717) is 12.1 Å². The van der Waals surface area contributed by atoms with Gasteiger partial charge in [-0.05, 0) is 37.1 Å². The molecule has 26 heavy (non-hydrogen) atoms. The minimum atomic E-state index is 0.0207. The predicted molar refractivity (Wildman–Crippen MR) is 102 cm³/mol. The highest BCUT2D eigenvalue weighted by molar-refractivity contribution is 5.93. The van der Waals surface area contributed by atoms with Gasteiger partial charge in [-0.3, -0.25) is 9.69 Å². The number of hydrogen-bond donors (Lipinski definition) is 1. The van der Waals surface area contributed by atoms with Gasteiger partial charge in [0, 0.05) is 38.1 Å². The van der Waals surface area contributed by atoms with Gasteiger partial charge in [-0.25, -0.2) is 4.98 Å². The van der Waals surface area contributed by atoms with Crippen LogP contribution in [0.2, 0.25) is 0 Å². The molecule has 1 aromatic carbocycles. The molecule has 3 rings (SSSR count). The predicted octanol–water partition coefficient (Wildman–Crippen LogP) is 2.33. The van der Waals surface area contributed by atoms with Crippen LogP contribution in [0.5, 0.6) is 0 Å². The Morgan fingerprint density at radius 1 is 1.15 bits per heavy atom. The molecule has 0 unspecified atom stereocenters. The number of aromatic nitrogens is 1. The van der Waals surface area contributed by atoms with Crippen molar-refractivity contribution in [2.45, 2.75) is 13.8 Å². The van der Waals surface area contributed by atoms with Crippen molar-refractivity contribution >= 4 is 17.4 Å². The zero-order chi connectivity index (χ0) is 18.5. The van der Waals surface area contributed by atoms with Crippen molar-refractivity contribution in [2.24, 2.45) is 0 Å². The second kappa shape index (κ2) is 7.98. The number of piperazine rings is 1. The first-order valence-electron chi connectivity index (χ1n) is 8.76. The molecule has 0 spiro atoms. The fourth-order valence-electron chi connectivity index (χ4n) is 3.17. The smallest absolute Gasteiger partial charge is 0.238 e. The molecule has 0 radical (unpaired) electrons. The number of carbonyl (C=O) groups is 1. The Morgan fingerprint density at radius 3 is 2.42 bits per heavy atom. The highest BCUT2D eigenvalue weighted by Crippen LogP contribution is 2.19. The lowest BCUT2D eigenvalue weighted by molar-refractivity contribution is -0.117. The summed E-state index contributed by atoms with van der Waals surface area (Å²) in [6.45, 7) is 7.65. The van der Waals surface area contributed by atoms with Crippen LogP contribution in [-0.2, 0) is 4.79 Å². The lowest BCUT2D eigenvalue weighted by Gasteiger charge is -2.35. The van der Waals surface area contributed by atoms with Gasteiger partial charge in [0.1, 0.15) is 11.9 Å². The largest absolute Gasteiger partial charge is 0.354 e. The summed E-state index contributed by atoms with van der Waals surface area (Å²) in [7, 11) is 0. The molecule has 2 heterocycles. The van der Waals surface area contributed by atoms with Gasteiger partial charge >= 0.3 is 0 Å². The summed E-state index contributed by atoms with van der Waals surface area (Å²) in [4.78, 5) is 21.1. The van der Waals surface area contributed by atoms with Crippen LogP contribution in [0.25, 0.3) is 0 Å². The maximum atomic E-state index is 12.4. The zero-order valence-electron chi connectivity index (χ0n) is 15.2. The fraction of sp³-hybridized carbons (Fsp3) is 0.350. The Labute approximate surface area is 154 Å². The average Bonchev–Trinajstić information content (AvgIpc) is 2.66. The number of benzene rings is 1. The number of amides is 1. The number of nitrogens with zero attached hydrogens (tertiary/aromatic N) is 4. The molecule has 1 fully saturated rings. The van der Waals surface area contributed by atoms with Crippen LogP contribution < -0.4 is 10.2 Å². The molecule has 1 aromatic heterocycles. The summed E-state index contributed by atoms with van der Waals surface area (Å²) in [6, 6.07) is 11.7. The van der Waals surface area contributed by atoms with Gasteiger partial charge in [0.15, 0.2) is 0 Å². The van der Waals surface area contributed by atoms with Gasteiger partial charge in [-0.1, -0.05) is 18.2 Å². The molecule has 2 aromatic rings. The Bertz CT molecular complexity index is 797. The third kappa shape index (κ3) is 4.19. The van der Waals surface area contributed by atoms with Crippen molar-refractivity contribution in [1.82, 2.24) is 9.88 Å². The number of nitriles is 1. The van der Waals surface area contributed by atoms with Crippen LogP contribution in [0.1, 0.15) is 16.7 Å². The summed E-state index contributed by atoms with van der Waals surface area (Å²) in [6.07, 6.45) is 1.60. The van der Waals surface area contributed by atoms with Crippen LogP contribution in [0, 0.1) is 25.2 Å². The van der Waals surface area contributed by atoms with Crippen LogP contribution in [0.3, 0.4) is 0 Å². The molecular formula is C20H23N5O. The molecule has 0 bridgehead atoms. The van der Waals surface area contributed by atoms with E-state index in [0.717, 1.165) is 48.8 Å². The summed E-state index contributed by atoms with van der Waals surface area (Å²) in [5.41, 5.74) is 3.64. The number of anilines is 2. The summed E-state index contributed by atoms with van der Waals surface area (Å²) >= 11 is 0. The van der Waals surface area contributed by atoms with Crippen LogP contribution in [0.4, 0.5) is 11.5 Å². The topological polar surface area (TPSA) is 72.3 Å². The van der Waals surface area contributed by atoms with E-state index in [4.69, 9.17) is 5.26 Å². The maximum absolute atomic E-state index is 12.4. The number of carbonyl (C=O) groups excluding carboxylic acids is 1. The molecule has 0 atom stereocenters. The van der Waals surface area contributed by atoms with Crippen LogP contribution in [-0.4, -0.2) is 48.5 Å². The zero-order valence-corrected chi connectivity index (χ0v) is 15.2. The Balaban J connectivity index is 1.52. The van der Waals surface area contributed by atoms with Gasteiger partial charge in [0.25, 0.3) is 0 Å². The Hall–Kier alpha value is -2.91. The molecule has 0 saturated carbocycles. The van der Waals surface area contributed by atoms with Gasteiger partial charge in [0.2, 0.25) is 5.91 Å². The normalized spacial score (nSPS) is 14.7. The van der Waals surface area contributed by atoms with E-state index >= 15 is 0 Å². The van der Waals surface area contributed by atoms with Crippen molar-refractivity contribution in [3.8, 4) is 6.07 Å². The minimum absolute atomic E-state index is 0.0207. The lowest BCUT2D eigenvalue weighted by atomic mass is 10.1. The van der Waals surface area contributed by atoms with Gasteiger partial charge in [-0.2, -0.15) is 5.26 Å². The second-order valence-electron chi connectivity index (χ2n) is 6.60. The highest BCUT2D eigenvalue weighted by atomic mass is 16.2. The van der Waals surface area contributed by atoms with Crippen molar-refractivity contribution in [3.63, 3.8) is 0 Å². The first-order valence-corrected chi connectivity index (χ1v) is 8.76. The average molecular weight is 349 g/mol. The molecule has 1 saturated heterocycles. The Morgan fingerprint density at radius 2 is 1.85 bits per heavy atom. The first kappa shape index (κ1) is 17.9. The molecule has 134 valence electrons. The Kier molecular flexibility index (Phi) is 5.49. The summed E-state index contributed by atoms with van der Waals surface area (Å²) < 4.78 is 0. The quantitative estimate of drug-likeness (QED) is 0.917. The minimum Gasteiger partial charge on any atom is -0.354 e. The second-order valence-corrected chi connectivity index (χ2v) is 6.60. The third-order valence-corrected chi connectivity index (χ3v) is 4.69. The lowest BCUT2D eigenvalue weighted by Crippen LogP contribution is -2.49. The fourth-order valence-corrected chi connectivity index (χ4v) is 3.17. The van der Waals surface area contributed by atoms with E-state index in [2.05, 4.69) is 26.2 Å². The molecule has 1 aliphatic heterocycles. The first-order chi connectivity index (χ1) is 12.6. The van der Waals surface area contributed by atoms with Crippen LogP contribution in [0.15, 0.2) is 36.5 Å². The van der Waals surface area contributed by atoms with E-state index in [1.165, 1.54) is 0 Å². The number of hydrogen-bond acceptors (Lipinski definition) is 5. The van der Waals surface area contributed by atoms with Gasteiger partial charge in [-0.15, -0.1) is 0 Å². The molecule has 1 aliphatic rings. The number of nitrogens with one attached hydrogen (secondary N) is 1. The molecule has 0 aliphatic carbocycles. The molecule has 1 amide bonds. The van der Waals surface area contributed by atoms with E-state index < -0.39 is 0 Å². The third-order valence-electron chi connectivity index (χ3n) is 4.69. The van der Waals surface area contributed by atoms with Crippen molar-refractivity contribution in [2.75, 3.05) is 42.9 Å². The van der Waals surface area contributed by atoms with E-state index in [9.17, 15) is 4.79 Å². The van der Waals surface area contributed by atoms with E-state index in [1.807, 2.05) is 38.1 Å². The van der Waals surface area contributed by atoms with Crippen LogP contribution >= 0.6 is 0 Å². The number of para-hydroxylation sites is 1. The molecule has 6 nitrogen and oxygen atoms in total. The van der Waals surface area contributed by atoms with Crippen molar-refractivity contribution < 1.29 is 4.79 Å². The van der Waals surface area contributed by atoms with Crippen molar-refractivity contribution in [1.29, 1.82) is 5.26 Å². The highest BCUT2D eigenvalue weighted by Gasteiger charge is 2.20. The van der Waals surface area contributed by atoms with E-state index in [1.54, 1.807) is 12.3 Å². The van der Waals surface area contributed by atoms with E-state index in [-0.39, 0.29) is 5.91 Å².